The molecule has 0 unspecified atom stereocenters. The Morgan fingerprint density at radius 3 is 1.96 bits per heavy atom. The van der Waals surface area contributed by atoms with Gasteiger partial charge >= 0.3 is 0 Å². The van der Waals surface area contributed by atoms with Crippen molar-refractivity contribution in [3.8, 4) is 0 Å². The average Bonchev–Trinajstić information content (AvgIpc) is 2.70. The van der Waals surface area contributed by atoms with E-state index in [0.717, 1.165) is 37.7 Å². The molecule has 0 aliphatic heterocycles. The van der Waals surface area contributed by atoms with E-state index in [1.165, 1.54) is 0 Å². The van der Waals surface area contributed by atoms with Gasteiger partial charge in [0.1, 0.15) is 4.91 Å². The maximum absolute atomic E-state index is 13.3. The predicted molar refractivity (Wildman–Crippen MR) is 113 cm³/mol. The third-order valence-electron chi connectivity index (χ3n) is 4.75. The Kier molecular flexibility index (Phi) is 6.29. The van der Waals surface area contributed by atoms with Crippen LogP contribution in [0.15, 0.2) is 70.5 Å². The van der Waals surface area contributed by atoms with Crippen LogP contribution in [-0.4, -0.2) is 14.2 Å². The summed E-state index contributed by atoms with van der Waals surface area (Å²) in [7, 11) is -3.87. The molecule has 0 spiro atoms. The fourth-order valence-electron chi connectivity index (χ4n) is 3.34. The van der Waals surface area contributed by atoms with Gasteiger partial charge in [0, 0.05) is 9.50 Å². The second-order valence-electron chi connectivity index (χ2n) is 6.52. The van der Waals surface area contributed by atoms with Crippen LogP contribution in [0.3, 0.4) is 0 Å². The molecule has 0 N–H and O–H groups in total. The summed E-state index contributed by atoms with van der Waals surface area (Å²) in [6.45, 7) is 0. The zero-order valence-electron chi connectivity index (χ0n) is 14.4. The highest BCUT2D eigenvalue weighted by atomic mass is 127. The molecule has 0 saturated heterocycles. The molecule has 0 aromatic heterocycles. The normalized spacial score (nSPS) is 16.8. The number of benzene rings is 2. The molecule has 136 valence electrons. The quantitative estimate of drug-likeness (QED) is 0.425. The molecule has 3 nitrogen and oxygen atoms in total. The minimum absolute atomic E-state index is 0.0533. The molecular formula is C21H21IO3S. The van der Waals surface area contributed by atoms with Gasteiger partial charge in [-0.2, -0.15) is 0 Å². The number of rotatable bonds is 5. The van der Waals surface area contributed by atoms with Crippen molar-refractivity contribution in [2.24, 2.45) is 5.92 Å². The molecule has 0 atom stereocenters. The number of hydrogen-bond donors (Lipinski definition) is 0. The van der Waals surface area contributed by atoms with E-state index in [1.54, 1.807) is 30.3 Å². The van der Waals surface area contributed by atoms with Crippen molar-refractivity contribution in [1.82, 2.24) is 0 Å². The summed E-state index contributed by atoms with van der Waals surface area (Å²) in [5, 5.41) is 0. The number of ketones is 1. The molecule has 5 heteroatoms. The molecule has 0 radical (unpaired) electrons. The lowest BCUT2D eigenvalue weighted by Gasteiger charge is -2.22. The second kappa shape index (κ2) is 8.48. The molecular weight excluding hydrogens is 459 g/mol. The second-order valence-corrected chi connectivity index (χ2v) is 9.49. The van der Waals surface area contributed by atoms with E-state index < -0.39 is 9.84 Å². The zero-order valence-corrected chi connectivity index (χ0v) is 17.4. The summed E-state index contributed by atoms with van der Waals surface area (Å²) in [6, 6.07) is 17.5. The van der Waals surface area contributed by atoms with E-state index in [0.29, 0.717) is 3.58 Å². The van der Waals surface area contributed by atoms with Crippen LogP contribution < -0.4 is 0 Å². The van der Waals surface area contributed by atoms with Crippen molar-refractivity contribution in [3.63, 3.8) is 0 Å². The summed E-state index contributed by atoms with van der Waals surface area (Å²) in [6.07, 6.45) is 4.62. The molecule has 2 aromatic carbocycles. The minimum atomic E-state index is -3.87. The van der Waals surface area contributed by atoms with Crippen molar-refractivity contribution in [3.05, 3.63) is 71.1 Å². The van der Waals surface area contributed by atoms with E-state index in [1.807, 2.05) is 52.9 Å². The fraction of sp³-hybridized carbons (Fsp3) is 0.286. The Bertz CT molecular complexity index is 897. The smallest absolute Gasteiger partial charge is 0.211 e. The van der Waals surface area contributed by atoms with Gasteiger partial charge in [-0.1, -0.05) is 67.8 Å². The molecule has 3 rings (SSSR count). The van der Waals surface area contributed by atoms with Gasteiger partial charge < -0.3 is 0 Å². The molecule has 0 amide bonds. The molecule has 2 aromatic rings. The first-order valence-corrected chi connectivity index (χ1v) is 11.4. The topological polar surface area (TPSA) is 51.2 Å². The number of allylic oxidation sites excluding steroid dienone is 1. The lowest BCUT2D eigenvalue weighted by molar-refractivity contribution is -0.119. The predicted octanol–water partition coefficient (Wildman–Crippen LogP) is 5.41. The highest BCUT2D eigenvalue weighted by Gasteiger charge is 2.35. The van der Waals surface area contributed by atoms with Gasteiger partial charge in [-0.3, -0.25) is 4.79 Å². The first-order chi connectivity index (χ1) is 12.5. The number of sulfone groups is 1. The van der Waals surface area contributed by atoms with Gasteiger partial charge in [0.15, 0.2) is 5.78 Å². The fourth-order valence-corrected chi connectivity index (χ4v) is 6.37. The van der Waals surface area contributed by atoms with Crippen LogP contribution in [0.25, 0.3) is 3.58 Å². The Morgan fingerprint density at radius 1 is 0.846 bits per heavy atom. The third-order valence-corrected chi connectivity index (χ3v) is 8.11. The van der Waals surface area contributed by atoms with Crippen molar-refractivity contribution in [2.45, 2.75) is 37.0 Å². The number of halogens is 1. The first kappa shape index (κ1) is 19.3. The summed E-state index contributed by atoms with van der Waals surface area (Å²) >= 11 is 2.01. The van der Waals surface area contributed by atoms with Gasteiger partial charge in [-0.25, -0.2) is 8.42 Å². The van der Waals surface area contributed by atoms with Crippen molar-refractivity contribution in [1.29, 1.82) is 0 Å². The van der Waals surface area contributed by atoms with Gasteiger partial charge in [-0.15, -0.1) is 0 Å². The summed E-state index contributed by atoms with van der Waals surface area (Å²) in [4.78, 5) is 13.4. The zero-order chi connectivity index (χ0) is 18.6. The highest BCUT2D eigenvalue weighted by Crippen LogP contribution is 2.37. The number of carbonyl (C=O) groups excluding carboxylic acids is 1. The molecule has 1 aliphatic rings. The number of carbonyl (C=O) groups is 1. The number of Topliss-reactive ketones (excluding diaryl/α,β-unsaturated/α-hetero) is 1. The van der Waals surface area contributed by atoms with Crippen molar-refractivity contribution in [2.75, 3.05) is 0 Å². The molecule has 26 heavy (non-hydrogen) atoms. The van der Waals surface area contributed by atoms with Crippen LogP contribution in [0, 0.1) is 5.92 Å². The van der Waals surface area contributed by atoms with E-state index in [9.17, 15) is 13.2 Å². The van der Waals surface area contributed by atoms with Gasteiger partial charge in [0.2, 0.25) is 9.84 Å². The third kappa shape index (κ3) is 4.09. The van der Waals surface area contributed by atoms with Crippen molar-refractivity contribution >= 4 is 41.8 Å². The molecule has 0 bridgehead atoms. The summed E-state index contributed by atoms with van der Waals surface area (Å²) in [5.41, 5.74) is 0.756. The monoisotopic (exact) mass is 480 g/mol. The van der Waals surface area contributed by atoms with Gasteiger partial charge in [0.25, 0.3) is 0 Å². The molecule has 0 heterocycles. The Morgan fingerprint density at radius 2 is 1.38 bits per heavy atom. The Balaban J connectivity index is 2.15. The molecule has 1 saturated carbocycles. The van der Waals surface area contributed by atoms with Gasteiger partial charge in [0.05, 0.1) is 4.90 Å². The SMILES string of the molecule is O=C(/C(=C(\I)c1ccccc1)S(=O)(=O)c1ccccc1)C1CCCCC1. The van der Waals surface area contributed by atoms with Crippen molar-refractivity contribution < 1.29 is 13.2 Å². The highest BCUT2D eigenvalue weighted by molar-refractivity contribution is 14.1. The Labute approximate surface area is 168 Å². The largest absolute Gasteiger partial charge is 0.293 e. The summed E-state index contributed by atoms with van der Waals surface area (Å²) < 4.78 is 27.2. The maximum atomic E-state index is 13.3. The maximum Gasteiger partial charge on any atom is 0.211 e. The van der Waals surface area contributed by atoms with E-state index in [2.05, 4.69) is 0 Å². The first-order valence-electron chi connectivity index (χ1n) is 8.81. The lowest BCUT2D eigenvalue weighted by atomic mass is 9.86. The minimum Gasteiger partial charge on any atom is -0.293 e. The number of hydrogen-bond acceptors (Lipinski definition) is 3. The average molecular weight is 480 g/mol. The molecule has 1 fully saturated rings. The van der Waals surface area contributed by atoms with Crippen LogP contribution in [0.1, 0.15) is 37.7 Å². The van der Waals surface area contributed by atoms with Crippen LogP contribution in [-0.2, 0) is 14.6 Å². The van der Waals surface area contributed by atoms with Crippen LogP contribution in [0.2, 0.25) is 0 Å². The van der Waals surface area contributed by atoms with E-state index in [-0.39, 0.29) is 21.5 Å². The van der Waals surface area contributed by atoms with Crippen LogP contribution >= 0.6 is 22.6 Å². The summed E-state index contributed by atoms with van der Waals surface area (Å²) in [5.74, 6) is -0.437. The standard InChI is InChI=1S/C21H21IO3S/c22-19(16-10-4-1-5-11-16)21(20(23)17-12-6-2-7-13-17)26(24,25)18-14-8-3-9-15-18/h1,3-5,8-11,14-15,17H,2,6-7,12-13H2/b21-19+. The van der Waals surface area contributed by atoms with E-state index >= 15 is 0 Å². The lowest BCUT2D eigenvalue weighted by Crippen LogP contribution is -2.24. The van der Waals surface area contributed by atoms with Gasteiger partial charge in [-0.05, 0) is 53.1 Å². The van der Waals surface area contributed by atoms with Crippen LogP contribution in [0.5, 0.6) is 0 Å². The van der Waals surface area contributed by atoms with E-state index in [4.69, 9.17) is 0 Å². The molecule has 1 aliphatic carbocycles. The Hall–Kier alpha value is -1.47. The van der Waals surface area contributed by atoms with Crippen LogP contribution in [0.4, 0.5) is 0 Å².